The van der Waals surface area contributed by atoms with Gasteiger partial charge in [-0.2, -0.15) is 0 Å². The molecule has 4 rings (SSSR count). The second kappa shape index (κ2) is 9.94. The molecule has 4 N–H and O–H groups in total. The highest BCUT2D eigenvalue weighted by atomic mass is 16.2. The number of imidazole rings is 1. The molecule has 0 aliphatic carbocycles. The number of hydrogen-bond donors (Lipinski definition) is 3. The van der Waals surface area contributed by atoms with Crippen molar-refractivity contribution in [3.05, 3.63) is 64.1 Å². The number of para-hydroxylation sites is 1. The first-order valence-electron chi connectivity index (χ1n) is 11.5. The van der Waals surface area contributed by atoms with E-state index in [0.717, 1.165) is 36.8 Å². The summed E-state index contributed by atoms with van der Waals surface area (Å²) in [5.74, 6) is -0.900. The standard InChI is InChI=1S/C25H29N5O4/c1-29-21-15-16(7-3-2-6-14-27-23(32)17-8-4-5-9-18(17)26)10-11-19(21)30(25(29)34)20-12-13-22(31)28-24(20)33/h4-5,8-11,15,20H,2-3,6-7,12-14,26H2,1H3,(H,27,32)(H,28,31,33). The van der Waals surface area contributed by atoms with Crippen LogP contribution in [0.2, 0.25) is 0 Å². The Morgan fingerprint density at radius 2 is 1.88 bits per heavy atom. The molecule has 3 amide bonds. The molecule has 1 aliphatic rings. The first-order valence-corrected chi connectivity index (χ1v) is 11.5. The van der Waals surface area contributed by atoms with E-state index in [1.165, 1.54) is 4.57 Å². The molecule has 9 nitrogen and oxygen atoms in total. The third-order valence-electron chi connectivity index (χ3n) is 6.31. The van der Waals surface area contributed by atoms with Crippen molar-refractivity contribution >= 4 is 34.4 Å². The number of nitrogens with zero attached hydrogens (tertiary/aromatic N) is 2. The number of anilines is 1. The highest BCUT2D eigenvalue weighted by Gasteiger charge is 2.31. The smallest absolute Gasteiger partial charge is 0.329 e. The van der Waals surface area contributed by atoms with Crippen LogP contribution >= 0.6 is 0 Å². The van der Waals surface area contributed by atoms with Crippen LogP contribution in [0.4, 0.5) is 5.69 Å². The number of unbranched alkanes of at least 4 members (excludes halogenated alkanes) is 2. The van der Waals surface area contributed by atoms with E-state index in [0.29, 0.717) is 29.7 Å². The highest BCUT2D eigenvalue weighted by molar-refractivity contribution is 6.00. The van der Waals surface area contributed by atoms with Crippen molar-refractivity contribution in [3.63, 3.8) is 0 Å². The van der Waals surface area contributed by atoms with Crippen LogP contribution in [0, 0.1) is 0 Å². The lowest BCUT2D eigenvalue weighted by molar-refractivity contribution is -0.135. The number of imide groups is 1. The van der Waals surface area contributed by atoms with Gasteiger partial charge in [-0.3, -0.25) is 28.8 Å². The minimum absolute atomic E-state index is 0.162. The molecular weight excluding hydrogens is 434 g/mol. The van der Waals surface area contributed by atoms with Crippen molar-refractivity contribution in [1.82, 2.24) is 19.8 Å². The van der Waals surface area contributed by atoms with Gasteiger partial charge < -0.3 is 11.1 Å². The van der Waals surface area contributed by atoms with Gasteiger partial charge in [0.05, 0.1) is 16.6 Å². The molecule has 1 saturated heterocycles. The molecule has 2 heterocycles. The Balaban J connectivity index is 1.33. The van der Waals surface area contributed by atoms with E-state index in [2.05, 4.69) is 10.6 Å². The van der Waals surface area contributed by atoms with E-state index in [1.807, 2.05) is 18.2 Å². The number of nitrogens with one attached hydrogen (secondary N) is 2. The minimum atomic E-state index is -0.679. The van der Waals surface area contributed by atoms with Crippen LogP contribution in [0.3, 0.4) is 0 Å². The minimum Gasteiger partial charge on any atom is -0.398 e. The van der Waals surface area contributed by atoms with Crippen molar-refractivity contribution in [2.45, 2.75) is 44.6 Å². The number of nitrogen functional groups attached to an aromatic ring is 1. The monoisotopic (exact) mass is 463 g/mol. The molecule has 1 aliphatic heterocycles. The van der Waals surface area contributed by atoms with Gasteiger partial charge in [0.2, 0.25) is 11.8 Å². The molecule has 1 fully saturated rings. The van der Waals surface area contributed by atoms with Crippen molar-refractivity contribution < 1.29 is 14.4 Å². The van der Waals surface area contributed by atoms with E-state index in [4.69, 9.17) is 5.73 Å². The topological polar surface area (TPSA) is 128 Å². The van der Waals surface area contributed by atoms with Crippen molar-refractivity contribution in [2.24, 2.45) is 7.05 Å². The van der Waals surface area contributed by atoms with Gasteiger partial charge in [-0.15, -0.1) is 0 Å². The van der Waals surface area contributed by atoms with Crippen molar-refractivity contribution in [1.29, 1.82) is 0 Å². The molecule has 1 unspecified atom stereocenters. The molecule has 1 atom stereocenters. The fraction of sp³-hybridized carbons (Fsp3) is 0.360. The van der Waals surface area contributed by atoms with E-state index in [9.17, 15) is 19.2 Å². The average molecular weight is 464 g/mol. The number of piperidine rings is 1. The van der Waals surface area contributed by atoms with E-state index < -0.39 is 11.9 Å². The second-order valence-electron chi connectivity index (χ2n) is 8.66. The Morgan fingerprint density at radius 3 is 2.65 bits per heavy atom. The molecule has 0 saturated carbocycles. The molecule has 1 aromatic heterocycles. The summed E-state index contributed by atoms with van der Waals surface area (Å²) in [5.41, 5.74) is 9.08. The number of hydrogen-bond acceptors (Lipinski definition) is 5. The van der Waals surface area contributed by atoms with Crippen molar-refractivity contribution in [2.75, 3.05) is 12.3 Å². The number of aryl methyl sites for hydroxylation is 2. The molecule has 178 valence electrons. The number of aromatic nitrogens is 2. The Bertz CT molecular complexity index is 1310. The van der Waals surface area contributed by atoms with Gasteiger partial charge in [0.1, 0.15) is 6.04 Å². The van der Waals surface area contributed by atoms with Crippen LogP contribution in [-0.2, 0) is 23.1 Å². The summed E-state index contributed by atoms with van der Waals surface area (Å²) >= 11 is 0. The van der Waals surface area contributed by atoms with Crippen LogP contribution in [0.5, 0.6) is 0 Å². The van der Waals surface area contributed by atoms with Gasteiger partial charge in [-0.25, -0.2) is 4.79 Å². The van der Waals surface area contributed by atoms with E-state index in [-0.39, 0.29) is 23.9 Å². The number of carbonyl (C=O) groups is 3. The summed E-state index contributed by atoms with van der Waals surface area (Å²) in [7, 11) is 1.69. The number of rotatable bonds is 8. The van der Waals surface area contributed by atoms with Gasteiger partial charge in [-0.05, 0) is 55.5 Å². The molecule has 0 bridgehead atoms. The highest BCUT2D eigenvalue weighted by Crippen LogP contribution is 2.24. The number of carbonyl (C=O) groups excluding carboxylic acids is 3. The molecular formula is C25H29N5O4. The van der Waals surface area contributed by atoms with Gasteiger partial charge in [0, 0.05) is 25.7 Å². The van der Waals surface area contributed by atoms with Gasteiger partial charge >= 0.3 is 5.69 Å². The Kier molecular flexibility index (Phi) is 6.81. The maximum Gasteiger partial charge on any atom is 0.329 e. The predicted molar refractivity (Wildman–Crippen MR) is 129 cm³/mol. The fourth-order valence-corrected chi connectivity index (χ4v) is 4.43. The first kappa shape index (κ1) is 23.3. The average Bonchev–Trinajstić information content (AvgIpc) is 3.06. The predicted octanol–water partition coefficient (Wildman–Crippen LogP) is 2.04. The number of benzene rings is 2. The third-order valence-corrected chi connectivity index (χ3v) is 6.31. The summed E-state index contributed by atoms with van der Waals surface area (Å²) in [6.07, 6.45) is 4.11. The van der Waals surface area contributed by atoms with Gasteiger partial charge in [0.15, 0.2) is 0 Å². The van der Waals surface area contributed by atoms with E-state index in [1.54, 1.807) is 35.9 Å². The van der Waals surface area contributed by atoms with Crippen LogP contribution in [0.15, 0.2) is 47.3 Å². The lowest BCUT2D eigenvalue weighted by Gasteiger charge is -2.21. The largest absolute Gasteiger partial charge is 0.398 e. The maximum absolute atomic E-state index is 12.9. The van der Waals surface area contributed by atoms with Gasteiger partial charge in [-0.1, -0.05) is 24.6 Å². The number of fused-ring (bicyclic) bond motifs is 1. The lowest BCUT2D eigenvalue weighted by atomic mass is 10.0. The molecule has 0 spiro atoms. The van der Waals surface area contributed by atoms with Crippen LogP contribution in [-0.4, -0.2) is 33.4 Å². The quantitative estimate of drug-likeness (QED) is 0.268. The zero-order valence-corrected chi connectivity index (χ0v) is 19.2. The lowest BCUT2D eigenvalue weighted by Crippen LogP contribution is -2.44. The zero-order valence-electron chi connectivity index (χ0n) is 19.2. The van der Waals surface area contributed by atoms with Crippen LogP contribution in [0.1, 0.15) is 54.1 Å². The third kappa shape index (κ3) is 4.73. The zero-order chi connectivity index (χ0) is 24.2. The van der Waals surface area contributed by atoms with Crippen LogP contribution in [0.25, 0.3) is 11.0 Å². The van der Waals surface area contributed by atoms with Crippen LogP contribution < -0.4 is 22.1 Å². The molecule has 2 aromatic carbocycles. The van der Waals surface area contributed by atoms with Crippen molar-refractivity contribution in [3.8, 4) is 0 Å². The second-order valence-corrected chi connectivity index (χ2v) is 8.66. The van der Waals surface area contributed by atoms with Gasteiger partial charge in [0.25, 0.3) is 5.91 Å². The molecule has 9 heteroatoms. The number of nitrogens with two attached hydrogens (primary N) is 1. The summed E-state index contributed by atoms with van der Waals surface area (Å²) in [5, 5.41) is 5.23. The molecule has 34 heavy (non-hydrogen) atoms. The summed E-state index contributed by atoms with van der Waals surface area (Å²) in [6.45, 7) is 0.579. The maximum atomic E-state index is 12.9. The fourth-order valence-electron chi connectivity index (χ4n) is 4.43. The Labute approximate surface area is 196 Å². The Hall–Kier alpha value is -3.88. The summed E-state index contributed by atoms with van der Waals surface area (Å²) < 4.78 is 3.04. The first-order chi connectivity index (χ1) is 16.4. The Morgan fingerprint density at radius 1 is 1.09 bits per heavy atom. The number of amides is 3. The summed E-state index contributed by atoms with van der Waals surface area (Å²) in [6, 6.07) is 12.2. The van der Waals surface area contributed by atoms with E-state index >= 15 is 0 Å². The normalized spacial score (nSPS) is 16.0. The molecule has 3 aromatic rings. The summed E-state index contributed by atoms with van der Waals surface area (Å²) in [4.78, 5) is 48.8. The SMILES string of the molecule is Cn1c(=O)n(C2CCC(=O)NC2=O)c2ccc(CCCCCNC(=O)c3ccccc3N)cc21. The molecule has 0 radical (unpaired) electrons.